The second-order valence-electron chi connectivity index (χ2n) is 6.63. The summed E-state index contributed by atoms with van der Waals surface area (Å²) < 4.78 is 7.34. The van der Waals surface area contributed by atoms with Gasteiger partial charge in [0.2, 0.25) is 0 Å². The molecule has 5 nitrogen and oxygen atoms in total. The molecule has 0 radical (unpaired) electrons. The molecule has 0 amide bonds. The summed E-state index contributed by atoms with van der Waals surface area (Å²) >= 11 is 1.58. The number of aromatic nitrogens is 2. The van der Waals surface area contributed by atoms with E-state index in [1.807, 2.05) is 48.1 Å². The number of thioether (sulfide) groups is 1. The minimum absolute atomic E-state index is 0.315. The van der Waals surface area contributed by atoms with Gasteiger partial charge in [-0.05, 0) is 56.6 Å². The first kappa shape index (κ1) is 17.9. The molecule has 0 unspecified atom stereocenters. The van der Waals surface area contributed by atoms with Gasteiger partial charge in [-0.25, -0.2) is 9.78 Å². The fraction of sp³-hybridized carbons (Fsp3) is 0.333. The molecular weight excluding hydrogens is 358 g/mol. The average Bonchev–Trinajstić information content (AvgIpc) is 3.03. The molecule has 6 heteroatoms. The lowest BCUT2D eigenvalue weighted by atomic mass is 9.93. The molecule has 0 bridgehead atoms. The van der Waals surface area contributed by atoms with Crippen molar-refractivity contribution in [1.82, 2.24) is 9.55 Å². The molecule has 1 aliphatic carbocycles. The van der Waals surface area contributed by atoms with E-state index in [1.54, 1.807) is 11.8 Å². The zero-order valence-corrected chi connectivity index (χ0v) is 16.4. The molecule has 0 atom stereocenters. The van der Waals surface area contributed by atoms with E-state index in [-0.39, 0.29) is 5.97 Å². The Balaban J connectivity index is 2.12. The van der Waals surface area contributed by atoms with E-state index < -0.39 is 0 Å². The fourth-order valence-corrected chi connectivity index (χ4v) is 4.67. The van der Waals surface area contributed by atoms with Crippen LogP contribution in [0.15, 0.2) is 35.4 Å². The van der Waals surface area contributed by atoms with Crippen molar-refractivity contribution in [3.8, 4) is 5.69 Å². The number of benzene rings is 1. The molecular formula is C21H23N3O2S. The standard InChI is InChI=1S/C21H23N3O2S/c1-3-26-21(25)19-18-16(17(22)14-11-7-8-12-15(14)23-18)20(27-2)24(19)13-9-5-4-6-10-13/h4-6,9-10H,3,7-8,11-12,22H2,1-2H3. The smallest absolute Gasteiger partial charge is 0.357 e. The lowest BCUT2D eigenvalue weighted by Gasteiger charge is -2.17. The first-order valence-corrected chi connectivity index (χ1v) is 10.5. The molecule has 3 aromatic rings. The van der Waals surface area contributed by atoms with Crippen LogP contribution in [0.4, 0.5) is 5.69 Å². The SMILES string of the molecule is CCOC(=O)c1c2nc3c(c(N)c2c(SC)n1-c1ccccc1)CCCC3. The van der Waals surface area contributed by atoms with Gasteiger partial charge in [0.05, 0.1) is 17.0 Å². The third-order valence-corrected chi connectivity index (χ3v) is 5.83. The highest BCUT2D eigenvalue weighted by atomic mass is 32.2. The van der Waals surface area contributed by atoms with Crippen molar-refractivity contribution in [3.05, 3.63) is 47.3 Å². The van der Waals surface area contributed by atoms with Crippen LogP contribution in [-0.4, -0.2) is 28.4 Å². The second kappa shape index (κ2) is 7.27. The highest BCUT2D eigenvalue weighted by molar-refractivity contribution is 7.98. The van der Waals surface area contributed by atoms with Crippen LogP contribution in [0.3, 0.4) is 0 Å². The zero-order chi connectivity index (χ0) is 19.0. The summed E-state index contributed by atoms with van der Waals surface area (Å²) in [4.78, 5) is 17.8. The number of fused-ring (bicyclic) bond motifs is 2. The molecule has 2 N–H and O–H groups in total. The van der Waals surface area contributed by atoms with Crippen LogP contribution >= 0.6 is 11.8 Å². The number of nitrogen functional groups attached to an aromatic ring is 1. The first-order chi connectivity index (χ1) is 13.2. The van der Waals surface area contributed by atoms with Crippen LogP contribution in [0, 0.1) is 0 Å². The fourth-order valence-electron chi connectivity index (χ4n) is 3.88. The van der Waals surface area contributed by atoms with E-state index in [1.165, 1.54) is 0 Å². The minimum Gasteiger partial charge on any atom is -0.461 e. The van der Waals surface area contributed by atoms with Crippen LogP contribution in [0.1, 0.15) is 41.5 Å². The number of anilines is 1. The summed E-state index contributed by atoms with van der Waals surface area (Å²) in [6.45, 7) is 2.13. The van der Waals surface area contributed by atoms with Crippen molar-refractivity contribution in [2.75, 3.05) is 18.6 Å². The number of carbonyl (C=O) groups is 1. The molecule has 0 saturated heterocycles. The van der Waals surface area contributed by atoms with Crippen LogP contribution in [0.25, 0.3) is 16.6 Å². The van der Waals surface area contributed by atoms with Crippen LogP contribution in [0.2, 0.25) is 0 Å². The molecule has 140 valence electrons. The summed E-state index contributed by atoms with van der Waals surface area (Å²) in [5, 5.41) is 1.80. The summed E-state index contributed by atoms with van der Waals surface area (Å²) in [6, 6.07) is 9.84. The zero-order valence-electron chi connectivity index (χ0n) is 15.6. The second-order valence-corrected chi connectivity index (χ2v) is 7.43. The van der Waals surface area contributed by atoms with Gasteiger partial charge in [0.25, 0.3) is 0 Å². The Hall–Kier alpha value is -2.47. The molecule has 1 aliphatic rings. The molecule has 4 rings (SSSR count). The van der Waals surface area contributed by atoms with Gasteiger partial charge in [0.1, 0.15) is 5.52 Å². The van der Waals surface area contributed by atoms with Gasteiger partial charge in [-0.2, -0.15) is 0 Å². The van der Waals surface area contributed by atoms with Crippen molar-refractivity contribution in [3.63, 3.8) is 0 Å². The maximum atomic E-state index is 12.9. The average molecular weight is 382 g/mol. The van der Waals surface area contributed by atoms with Crippen molar-refractivity contribution < 1.29 is 9.53 Å². The predicted octanol–water partition coefficient (Wildman–Crippen LogP) is 4.39. The number of esters is 1. The highest BCUT2D eigenvalue weighted by Gasteiger charge is 2.29. The number of hydrogen-bond donors (Lipinski definition) is 1. The first-order valence-electron chi connectivity index (χ1n) is 9.29. The van der Waals surface area contributed by atoms with Gasteiger partial charge in [0.15, 0.2) is 5.69 Å². The molecule has 1 aromatic carbocycles. The van der Waals surface area contributed by atoms with Gasteiger partial charge in [-0.1, -0.05) is 18.2 Å². The number of aryl methyl sites for hydroxylation is 1. The van der Waals surface area contributed by atoms with E-state index in [2.05, 4.69) is 0 Å². The van der Waals surface area contributed by atoms with Gasteiger partial charge < -0.3 is 10.5 Å². The Morgan fingerprint density at radius 3 is 2.70 bits per heavy atom. The monoisotopic (exact) mass is 381 g/mol. The van der Waals surface area contributed by atoms with Crippen LogP contribution in [-0.2, 0) is 17.6 Å². The van der Waals surface area contributed by atoms with Crippen molar-refractivity contribution >= 4 is 34.3 Å². The van der Waals surface area contributed by atoms with E-state index >= 15 is 0 Å². The highest BCUT2D eigenvalue weighted by Crippen LogP contribution is 2.41. The van der Waals surface area contributed by atoms with E-state index in [4.69, 9.17) is 15.5 Å². The van der Waals surface area contributed by atoms with Gasteiger partial charge in [-0.3, -0.25) is 4.57 Å². The summed E-state index contributed by atoms with van der Waals surface area (Å²) in [7, 11) is 0. The molecule has 0 saturated carbocycles. The number of rotatable bonds is 4. The van der Waals surface area contributed by atoms with Crippen LogP contribution in [0.5, 0.6) is 0 Å². The Morgan fingerprint density at radius 1 is 1.26 bits per heavy atom. The number of hydrogen-bond acceptors (Lipinski definition) is 5. The lowest BCUT2D eigenvalue weighted by molar-refractivity contribution is 0.0518. The summed E-state index contributed by atoms with van der Waals surface area (Å²) in [6.07, 6.45) is 6.09. The quantitative estimate of drug-likeness (QED) is 0.536. The van der Waals surface area contributed by atoms with E-state index in [9.17, 15) is 4.79 Å². The number of nitrogens with two attached hydrogens (primary N) is 1. The summed E-state index contributed by atoms with van der Waals surface area (Å²) in [5.41, 5.74) is 11.6. The normalized spacial score (nSPS) is 13.6. The maximum Gasteiger partial charge on any atom is 0.357 e. The molecule has 0 spiro atoms. The van der Waals surface area contributed by atoms with Crippen LogP contribution < -0.4 is 5.73 Å². The van der Waals surface area contributed by atoms with Gasteiger partial charge in [-0.15, -0.1) is 11.8 Å². The topological polar surface area (TPSA) is 70.1 Å². The largest absolute Gasteiger partial charge is 0.461 e. The Bertz CT molecular complexity index is 1010. The number of carbonyl (C=O) groups excluding carboxylic acids is 1. The summed E-state index contributed by atoms with van der Waals surface area (Å²) in [5.74, 6) is -0.366. The molecule has 0 fully saturated rings. The molecule has 27 heavy (non-hydrogen) atoms. The molecule has 2 aromatic heterocycles. The van der Waals surface area contributed by atoms with Gasteiger partial charge in [0, 0.05) is 17.1 Å². The van der Waals surface area contributed by atoms with E-state index in [0.717, 1.165) is 58.7 Å². The third-order valence-electron chi connectivity index (χ3n) is 5.06. The maximum absolute atomic E-state index is 12.9. The number of nitrogens with zero attached hydrogens (tertiary/aromatic N) is 2. The predicted molar refractivity (Wildman–Crippen MR) is 110 cm³/mol. The number of para-hydroxylation sites is 1. The lowest BCUT2D eigenvalue weighted by Crippen LogP contribution is -2.13. The Kier molecular flexibility index (Phi) is 4.83. The van der Waals surface area contributed by atoms with E-state index in [0.29, 0.717) is 17.8 Å². The minimum atomic E-state index is -0.366. The Morgan fingerprint density at radius 2 is 2.00 bits per heavy atom. The molecule has 2 heterocycles. The third kappa shape index (κ3) is 2.88. The number of ether oxygens (including phenoxy) is 1. The molecule has 0 aliphatic heterocycles. The van der Waals surface area contributed by atoms with Crippen molar-refractivity contribution in [1.29, 1.82) is 0 Å². The van der Waals surface area contributed by atoms with Crippen molar-refractivity contribution in [2.24, 2.45) is 0 Å². The Labute approximate surface area is 162 Å². The van der Waals surface area contributed by atoms with Crippen molar-refractivity contribution in [2.45, 2.75) is 37.6 Å². The van der Waals surface area contributed by atoms with Gasteiger partial charge >= 0.3 is 5.97 Å². The number of pyridine rings is 1.